The molecule has 2 aromatic heterocycles. The molecule has 5 nitrogen and oxygen atoms in total. The third-order valence-electron chi connectivity index (χ3n) is 4.46. The van der Waals surface area contributed by atoms with E-state index >= 15 is 0 Å². The summed E-state index contributed by atoms with van der Waals surface area (Å²) in [7, 11) is 1.84. The second kappa shape index (κ2) is 5.63. The summed E-state index contributed by atoms with van der Waals surface area (Å²) in [6, 6.07) is 3.98. The molecule has 22 heavy (non-hydrogen) atoms. The van der Waals surface area contributed by atoms with Crippen LogP contribution < -0.4 is 0 Å². The first-order valence-corrected chi connectivity index (χ1v) is 7.83. The second-order valence-corrected chi connectivity index (χ2v) is 6.39. The van der Waals surface area contributed by atoms with Gasteiger partial charge in [0.25, 0.3) is 5.91 Å². The van der Waals surface area contributed by atoms with Crippen molar-refractivity contribution in [2.45, 2.75) is 39.7 Å². The maximum Gasteiger partial charge on any atom is 0.257 e. The lowest BCUT2D eigenvalue weighted by Crippen LogP contribution is -2.40. The summed E-state index contributed by atoms with van der Waals surface area (Å²) in [5.41, 5.74) is 1.46. The Labute approximate surface area is 130 Å². The van der Waals surface area contributed by atoms with E-state index in [9.17, 15) is 4.79 Å². The third kappa shape index (κ3) is 2.67. The number of rotatable bonds is 2. The molecule has 0 saturated carbocycles. The van der Waals surface area contributed by atoms with Gasteiger partial charge in [-0.1, -0.05) is 6.92 Å². The standard InChI is InChI=1S/C17H23N3O2/c1-11-7-8-20(15(9-11)16-6-5-12(2)22-16)17(21)14-10-19(4)18-13(14)3/h5-6,10-11,15H,7-9H2,1-4H3/t11-,15+/m0/s1. The van der Waals surface area contributed by atoms with Crippen LogP contribution in [0.4, 0.5) is 0 Å². The number of carbonyl (C=O) groups is 1. The van der Waals surface area contributed by atoms with Crippen LogP contribution >= 0.6 is 0 Å². The monoisotopic (exact) mass is 301 g/mol. The first-order valence-electron chi connectivity index (χ1n) is 7.83. The Kier molecular flexibility index (Phi) is 3.81. The Morgan fingerprint density at radius 3 is 2.73 bits per heavy atom. The molecule has 2 atom stereocenters. The molecule has 1 saturated heterocycles. The van der Waals surface area contributed by atoms with Crippen LogP contribution in [0.5, 0.6) is 0 Å². The highest BCUT2D eigenvalue weighted by Crippen LogP contribution is 2.36. The maximum atomic E-state index is 13.0. The lowest BCUT2D eigenvalue weighted by molar-refractivity contribution is 0.0518. The summed E-state index contributed by atoms with van der Waals surface area (Å²) in [4.78, 5) is 14.9. The van der Waals surface area contributed by atoms with E-state index in [0.29, 0.717) is 11.5 Å². The van der Waals surface area contributed by atoms with Gasteiger partial charge in [-0.15, -0.1) is 0 Å². The zero-order chi connectivity index (χ0) is 15.9. The van der Waals surface area contributed by atoms with Crippen LogP contribution in [0, 0.1) is 19.8 Å². The van der Waals surface area contributed by atoms with Crippen molar-refractivity contribution in [3.05, 3.63) is 41.1 Å². The van der Waals surface area contributed by atoms with E-state index in [1.54, 1.807) is 10.9 Å². The molecule has 1 aliphatic rings. The number of amides is 1. The Bertz CT molecular complexity index is 686. The number of likely N-dealkylation sites (tertiary alicyclic amines) is 1. The molecule has 0 unspecified atom stereocenters. The number of piperidine rings is 1. The van der Waals surface area contributed by atoms with E-state index in [1.165, 1.54) is 0 Å². The molecule has 1 amide bonds. The molecule has 0 spiro atoms. The van der Waals surface area contributed by atoms with E-state index in [0.717, 1.165) is 36.6 Å². The van der Waals surface area contributed by atoms with Crippen molar-refractivity contribution in [1.82, 2.24) is 14.7 Å². The Balaban J connectivity index is 1.92. The number of hydrogen-bond donors (Lipinski definition) is 0. The molecule has 118 valence electrons. The first kappa shape index (κ1) is 14.9. The highest BCUT2D eigenvalue weighted by Gasteiger charge is 2.34. The fourth-order valence-corrected chi connectivity index (χ4v) is 3.25. The molecule has 1 aliphatic heterocycles. The molecule has 3 rings (SSSR count). The van der Waals surface area contributed by atoms with Crippen LogP contribution in [0.3, 0.4) is 0 Å². The number of aryl methyl sites for hydroxylation is 3. The third-order valence-corrected chi connectivity index (χ3v) is 4.46. The molecule has 2 aromatic rings. The Morgan fingerprint density at radius 2 is 2.14 bits per heavy atom. The van der Waals surface area contributed by atoms with Crippen molar-refractivity contribution in [3.8, 4) is 0 Å². The van der Waals surface area contributed by atoms with Gasteiger partial charge in [0.1, 0.15) is 11.5 Å². The minimum atomic E-state index is 0.0181. The van der Waals surface area contributed by atoms with Gasteiger partial charge in [-0.25, -0.2) is 0 Å². The highest BCUT2D eigenvalue weighted by molar-refractivity contribution is 5.95. The van der Waals surface area contributed by atoms with Crippen molar-refractivity contribution in [3.63, 3.8) is 0 Å². The van der Waals surface area contributed by atoms with Crippen LogP contribution in [0.15, 0.2) is 22.7 Å². The molecule has 3 heterocycles. The van der Waals surface area contributed by atoms with E-state index in [2.05, 4.69) is 12.0 Å². The van der Waals surface area contributed by atoms with Gasteiger partial charge in [0, 0.05) is 19.8 Å². The van der Waals surface area contributed by atoms with Gasteiger partial charge in [0.2, 0.25) is 0 Å². The zero-order valence-corrected chi connectivity index (χ0v) is 13.7. The maximum absolute atomic E-state index is 13.0. The molecule has 0 N–H and O–H groups in total. The largest absolute Gasteiger partial charge is 0.464 e. The van der Waals surface area contributed by atoms with E-state index in [1.807, 2.05) is 37.9 Å². The number of carbonyl (C=O) groups excluding carboxylic acids is 1. The average molecular weight is 301 g/mol. The molecular weight excluding hydrogens is 278 g/mol. The highest BCUT2D eigenvalue weighted by atomic mass is 16.3. The molecule has 0 radical (unpaired) electrons. The smallest absolute Gasteiger partial charge is 0.257 e. The molecule has 5 heteroatoms. The van der Waals surface area contributed by atoms with Gasteiger partial charge >= 0.3 is 0 Å². The summed E-state index contributed by atoms with van der Waals surface area (Å²) in [5.74, 6) is 2.42. The predicted octanol–water partition coefficient (Wildman–Crippen LogP) is 3.24. The molecule has 1 fully saturated rings. The van der Waals surface area contributed by atoms with Crippen LogP contribution in [0.25, 0.3) is 0 Å². The van der Waals surface area contributed by atoms with Crippen molar-refractivity contribution < 1.29 is 9.21 Å². The van der Waals surface area contributed by atoms with Gasteiger partial charge in [0.15, 0.2) is 0 Å². The van der Waals surface area contributed by atoms with E-state index < -0.39 is 0 Å². The van der Waals surface area contributed by atoms with Gasteiger partial charge in [-0.3, -0.25) is 9.48 Å². The van der Waals surface area contributed by atoms with Gasteiger partial charge < -0.3 is 9.32 Å². The Hall–Kier alpha value is -2.04. The van der Waals surface area contributed by atoms with E-state index in [4.69, 9.17) is 4.42 Å². The van der Waals surface area contributed by atoms with Crippen molar-refractivity contribution in [2.75, 3.05) is 6.54 Å². The number of aromatic nitrogens is 2. The first-order chi connectivity index (χ1) is 10.5. The fraction of sp³-hybridized carbons (Fsp3) is 0.529. The SMILES string of the molecule is Cc1ccc([C@H]2C[C@@H](C)CCN2C(=O)c2cn(C)nc2C)o1. The molecule has 0 bridgehead atoms. The number of hydrogen-bond acceptors (Lipinski definition) is 3. The molecule has 0 aromatic carbocycles. The number of nitrogens with zero attached hydrogens (tertiary/aromatic N) is 3. The average Bonchev–Trinajstić information content (AvgIpc) is 3.03. The van der Waals surface area contributed by atoms with Crippen LogP contribution in [-0.4, -0.2) is 27.1 Å². The minimum absolute atomic E-state index is 0.0181. The van der Waals surface area contributed by atoms with Crippen LogP contribution in [0.2, 0.25) is 0 Å². The predicted molar refractivity (Wildman–Crippen MR) is 83.6 cm³/mol. The Morgan fingerprint density at radius 1 is 1.36 bits per heavy atom. The lowest BCUT2D eigenvalue weighted by Gasteiger charge is -2.37. The second-order valence-electron chi connectivity index (χ2n) is 6.39. The van der Waals surface area contributed by atoms with Gasteiger partial charge in [-0.05, 0) is 44.7 Å². The summed E-state index contributed by atoms with van der Waals surface area (Å²) >= 11 is 0. The lowest BCUT2D eigenvalue weighted by atomic mass is 9.90. The summed E-state index contributed by atoms with van der Waals surface area (Å²) < 4.78 is 7.50. The van der Waals surface area contributed by atoms with Crippen LogP contribution in [0.1, 0.15) is 53.4 Å². The van der Waals surface area contributed by atoms with Gasteiger partial charge in [-0.2, -0.15) is 5.10 Å². The van der Waals surface area contributed by atoms with Crippen molar-refractivity contribution in [1.29, 1.82) is 0 Å². The van der Waals surface area contributed by atoms with Crippen molar-refractivity contribution >= 4 is 5.91 Å². The molecular formula is C17H23N3O2. The normalized spacial score (nSPS) is 22.1. The topological polar surface area (TPSA) is 51.3 Å². The number of furan rings is 1. The summed E-state index contributed by atoms with van der Waals surface area (Å²) in [6.07, 6.45) is 3.78. The fourth-order valence-electron chi connectivity index (χ4n) is 3.25. The van der Waals surface area contributed by atoms with Gasteiger partial charge in [0.05, 0.1) is 17.3 Å². The molecule has 0 aliphatic carbocycles. The quantitative estimate of drug-likeness (QED) is 0.855. The summed E-state index contributed by atoms with van der Waals surface area (Å²) in [5, 5.41) is 4.29. The van der Waals surface area contributed by atoms with Crippen molar-refractivity contribution in [2.24, 2.45) is 13.0 Å². The minimum Gasteiger partial charge on any atom is -0.464 e. The van der Waals surface area contributed by atoms with E-state index in [-0.39, 0.29) is 11.9 Å². The summed E-state index contributed by atoms with van der Waals surface area (Å²) in [6.45, 7) is 6.82. The van der Waals surface area contributed by atoms with Crippen LogP contribution in [-0.2, 0) is 7.05 Å². The zero-order valence-electron chi connectivity index (χ0n) is 13.7.